The van der Waals surface area contributed by atoms with Crippen LogP contribution < -0.4 is 16.0 Å². The van der Waals surface area contributed by atoms with E-state index in [2.05, 4.69) is 20.9 Å². The zero-order chi connectivity index (χ0) is 15.2. The van der Waals surface area contributed by atoms with E-state index in [1.165, 1.54) is 0 Å². The molecule has 7 nitrogen and oxygen atoms in total. The average molecular weight is 310 g/mol. The van der Waals surface area contributed by atoms with Crippen LogP contribution in [-0.2, 0) is 22.4 Å². The highest BCUT2D eigenvalue weighted by molar-refractivity contribution is 7.09. The lowest BCUT2D eigenvalue weighted by molar-refractivity contribution is -0.123. The zero-order valence-corrected chi connectivity index (χ0v) is 12.6. The van der Waals surface area contributed by atoms with Crippen molar-refractivity contribution in [1.29, 1.82) is 0 Å². The highest BCUT2D eigenvalue weighted by Crippen LogP contribution is 2.10. The van der Waals surface area contributed by atoms with Crippen molar-refractivity contribution in [3.05, 3.63) is 16.1 Å². The maximum atomic E-state index is 12.0. The van der Waals surface area contributed by atoms with Crippen molar-refractivity contribution in [2.45, 2.75) is 38.6 Å². The predicted octanol–water partition coefficient (Wildman–Crippen LogP) is 0.352. The Kier molecular flexibility index (Phi) is 5.26. The average Bonchev–Trinajstić information content (AvgIpc) is 2.83. The zero-order valence-electron chi connectivity index (χ0n) is 11.8. The number of aromatic nitrogens is 1. The van der Waals surface area contributed by atoms with E-state index in [9.17, 15) is 14.4 Å². The number of thiazole rings is 1. The minimum atomic E-state index is -0.668. The van der Waals surface area contributed by atoms with Crippen LogP contribution in [0.2, 0.25) is 0 Å². The van der Waals surface area contributed by atoms with Crippen LogP contribution in [0.3, 0.4) is 0 Å². The van der Waals surface area contributed by atoms with Crippen LogP contribution in [0, 0.1) is 0 Å². The number of carbonyl (C=O) groups excluding carboxylic acids is 3. The molecule has 4 amide bonds. The third kappa shape index (κ3) is 4.52. The van der Waals surface area contributed by atoms with Gasteiger partial charge in [0.05, 0.1) is 10.7 Å². The summed E-state index contributed by atoms with van der Waals surface area (Å²) < 4.78 is 0. The van der Waals surface area contributed by atoms with Gasteiger partial charge in [-0.1, -0.05) is 6.92 Å². The summed E-state index contributed by atoms with van der Waals surface area (Å²) in [5.74, 6) is -0.634. The first-order valence-corrected chi connectivity index (χ1v) is 7.77. The number of hydrogen-bond acceptors (Lipinski definition) is 5. The maximum Gasteiger partial charge on any atom is 0.322 e. The van der Waals surface area contributed by atoms with Crippen LogP contribution in [0.25, 0.3) is 0 Å². The predicted molar refractivity (Wildman–Crippen MR) is 77.9 cm³/mol. The molecule has 0 aliphatic carbocycles. The van der Waals surface area contributed by atoms with E-state index >= 15 is 0 Å². The van der Waals surface area contributed by atoms with E-state index < -0.39 is 12.1 Å². The van der Waals surface area contributed by atoms with Gasteiger partial charge in [-0.2, -0.15) is 0 Å². The van der Waals surface area contributed by atoms with Crippen molar-refractivity contribution in [2.24, 2.45) is 0 Å². The van der Waals surface area contributed by atoms with Crippen molar-refractivity contribution in [2.75, 3.05) is 6.54 Å². The first kappa shape index (κ1) is 15.4. The number of urea groups is 1. The van der Waals surface area contributed by atoms with Crippen molar-refractivity contribution >= 4 is 29.2 Å². The summed E-state index contributed by atoms with van der Waals surface area (Å²) in [6.45, 7) is 2.51. The normalized spacial score (nSPS) is 18.6. The third-order valence-corrected chi connectivity index (χ3v) is 4.09. The molecule has 0 saturated carbocycles. The van der Waals surface area contributed by atoms with Crippen LogP contribution >= 0.6 is 11.3 Å². The number of rotatable bonds is 5. The molecule has 3 N–H and O–H groups in total. The Balaban J connectivity index is 1.78. The molecule has 8 heteroatoms. The van der Waals surface area contributed by atoms with Gasteiger partial charge in [0.1, 0.15) is 6.04 Å². The number of nitrogens with one attached hydrogen (secondary N) is 3. The molecule has 2 rings (SSSR count). The van der Waals surface area contributed by atoms with Crippen molar-refractivity contribution < 1.29 is 14.4 Å². The lowest BCUT2D eigenvalue weighted by Gasteiger charge is -2.14. The molecule has 0 aromatic carbocycles. The molecule has 1 aliphatic heterocycles. The van der Waals surface area contributed by atoms with Gasteiger partial charge in [-0.05, 0) is 12.8 Å². The highest BCUT2D eigenvalue weighted by atomic mass is 32.1. The quantitative estimate of drug-likeness (QED) is 0.730. The second kappa shape index (κ2) is 7.16. The van der Waals surface area contributed by atoms with E-state index in [4.69, 9.17) is 0 Å². The Morgan fingerprint density at radius 1 is 1.52 bits per heavy atom. The third-order valence-electron chi connectivity index (χ3n) is 3.13. The second-order valence-electron chi connectivity index (χ2n) is 4.74. The summed E-state index contributed by atoms with van der Waals surface area (Å²) in [4.78, 5) is 38.9. The molecule has 114 valence electrons. The molecule has 0 unspecified atom stereocenters. The van der Waals surface area contributed by atoms with Crippen LogP contribution in [0.5, 0.6) is 0 Å². The minimum Gasteiger partial charge on any atom is -0.354 e. The summed E-state index contributed by atoms with van der Waals surface area (Å²) in [6, 6.07) is -1.29. The topological polar surface area (TPSA) is 100 Å². The Bertz CT molecular complexity index is 543. The van der Waals surface area contributed by atoms with E-state index in [1.54, 1.807) is 11.3 Å². The fourth-order valence-electron chi connectivity index (χ4n) is 1.97. The first-order valence-electron chi connectivity index (χ1n) is 6.90. The smallest absolute Gasteiger partial charge is 0.322 e. The molecular formula is C13H18N4O3S. The molecular weight excluding hydrogens is 292 g/mol. The number of amides is 4. The monoisotopic (exact) mass is 310 g/mol. The van der Waals surface area contributed by atoms with Crippen LogP contribution in [-0.4, -0.2) is 35.4 Å². The summed E-state index contributed by atoms with van der Waals surface area (Å²) in [6.07, 6.45) is 2.02. The Labute approximate surface area is 126 Å². The maximum absolute atomic E-state index is 12.0. The van der Waals surface area contributed by atoms with E-state index in [1.807, 2.05) is 12.3 Å². The Morgan fingerprint density at radius 2 is 2.33 bits per heavy atom. The molecule has 1 aromatic rings. The first-order chi connectivity index (χ1) is 10.1. The largest absolute Gasteiger partial charge is 0.354 e. The van der Waals surface area contributed by atoms with Crippen molar-refractivity contribution in [1.82, 2.24) is 20.9 Å². The lowest BCUT2D eigenvalue weighted by Crippen LogP contribution is -2.48. The summed E-state index contributed by atoms with van der Waals surface area (Å²) in [5, 5.41) is 10.4. The second-order valence-corrected chi connectivity index (χ2v) is 5.68. The molecule has 21 heavy (non-hydrogen) atoms. The molecule has 0 spiro atoms. The molecule has 1 saturated heterocycles. The molecule has 1 aliphatic rings. The van der Waals surface area contributed by atoms with Gasteiger partial charge in [0.2, 0.25) is 11.8 Å². The standard InChI is InChI=1S/C13H18N4O3S/c1-2-8-7-21-11(15-8)5-6-14-12(19)9-3-4-10(18)17-13(20)16-9/h7,9H,2-6H2,1H3,(H,14,19)(H2,16,17,18,20)/t9-/m1/s1. The molecule has 1 fully saturated rings. The molecule has 2 heterocycles. The van der Waals surface area contributed by atoms with Crippen LogP contribution in [0.4, 0.5) is 4.79 Å². The van der Waals surface area contributed by atoms with E-state index in [0.717, 1.165) is 17.1 Å². The molecule has 0 bridgehead atoms. The van der Waals surface area contributed by atoms with E-state index in [0.29, 0.717) is 19.4 Å². The lowest BCUT2D eigenvalue weighted by atomic mass is 10.1. The summed E-state index contributed by atoms with van der Waals surface area (Å²) in [7, 11) is 0. The Hall–Kier alpha value is -1.96. The van der Waals surface area contributed by atoms with Gasteiger partial charge in [-0.15, -0.1) is 11.3 Å². The van der Waals surface area contributed by atoms with Gasteiger partial charge < -0.3 is 10.6 Å². The summed E-state index contributed by atoms with van der Waals surface area (Å²) >= 11 is 1.58. The number of hydrogen-bond donors (Lipinski definition) is 3. The number of aryl methyl sites for hydroxylation is 1. The fraction of sp³-hybridized carbons (Fsp3) is 0.538. The number of imide groups is 1. The van der Waals surface area contributed by atoms with Crippen LogP contribution in [0.1, 0.15) is 30.5 Å². The minimum absolute atomic E-state index is 0.156. The van der Waals surface area contributed by atoms with Crippen LogP contribution in [0.15, 0.2) is 5.38 Å². The fourth-order valence-corrected chi connectivity index (χ4v) is 2.85. The highest BCUT2D eigenvalue weighted by Gasteiger charge is 2.25. The molecule has 1 atom stereocenters. The van der Waals surface area contributed by atoms with Gasteiger partial charge in [-0.25, -0.2) is 9.78 Å². The number of nitrogens with zero attached hydrogens (tertiary/aromatic N) is 1. The van der Waals surface area contributed by atoms with Crippen molar-refractivity contribution in [3.63, 3.8) is 0 Å². The number of carbonyl (C=O) groups is 3. The summed E-state index contributed by atoms with van der Waals surface area (Å²) in [5.41, 5.74) is 1.06. The Morgan fingerprint density at radius 3 is 3.05 bits per heavy atom. The van der Waals surface area contributed by atoms with Gasteiger partial charge in [0.25, 0.3) is 0 Å². The van der Waals surface area contributed by atoms with Gasteiger partial charge in [-0.3, -0.25) is 14.9 Å². The SMILES string of the molecule is CCc1csc(CCNC(=O)[C@H]2CCC(=O)NC(=O)N2)n1. The van der Waals surface area contributed by atoms with Gasteiger partial charge >= 0.3 is 6.03 Å². The van der Waals surface area contributed by atoms with Gasteiger partial charge in [0.15, 0.2) is 0 Å². The molecule has 1 aromatic heterocycles. The molecule has 0 radical (unpaired) electrons. The van der Waals surface area contributed by atoms with E-state index in [-0.39, 0.29) is 18.2 Å². The van der Waals surface area contributed by atoms with Gasteiger partial charge in [0, 0.05) is 24.8 Å². The van der Waals surface area contributed by atoms with Crippen molar-refractivity contribution in [3.8, 4) is 0 Å².